The Labute approximate surface area is 128 Å². The third-order valence-electron chi connectivity index (χ3n) is 5.16. The molecule has 2 aliphatic rings. The maximum Gasteiger partial charge on any atom is 0.0887 e. The van der Waals surface area contributed by atoms with Crippen molar-refractivity contribution in [1.82, 2.24) is 0 Å². The van der Waals surface area contributed by atoms with Gasteiger partial charge < -0.3 is 5.11 Å². The van der Waals surface area contributed by atoms with Crippen LogP contribution < -0.4 is 0 Å². The molecule has 0 spiro atoms. The predicted octanol–water partition coefficient (Wildman–Crippen LogP) is 5.12. The fraction of sp³-hybridized carbons (Fsp3) is 0.500. The van der Waals surface area contributed by atoms with Gasteiger partial charge in [-0.15, -0.1) is 0 Å². The van der Waals surface area contributed by atoms with Gasteiger partial charge >= 0.3 is 0 Å². The minimum atomic E-state index is -0.512. The fourth-order valence-electron chi connectivity index (χ4n) is 3.96. The number of hydrogen-bond donors (Lipinski definition) is 1. The molecule has 1 aromatic rings. The summed E-state index contributed by atoms with van der Waals surface area (Å²) in [5.74, 6) is 0.404. The number of aliphatic hydroxyl groups is 1. The summed E-state index contributed by atoms with van der Waals surface area (Å²) in [5.41, 5.74) is 2.07. The third kappa shape index (κ3) is 3.29. The Balaban J connectivity index is 1.67. The monoisotopic (exact) mass is 282 g/mol. The minimum Gasteiger partial charge on any atom is -0.385 e. The lowest BCUT2D eigenvalue weighted by molar-refractivity contribution is 0.0353. The molecule has 112 valence electrons. The van der Waals surface area contributed by atoms with Crippen LogP contribution in [0.3, 0.4) is 0 Å². The van der Waals surface area contributed by atoms with Gasteiger partial charge in [-0.3, -0.25) is 0 Å². The summed E-state index contributed by atoms with van der Waals surface area (Å²) in [6.07, 6.45) is 15.8. The molecule has 2 atom stereocenters. The molecule has 2 aliphatic carbocycles. The lowest BCUT2D eigenvalue weighted by Gasteiger charge is -2.34. The Morgan fingerprint density at radius 2 is 2.00 bits per heavy atom. The van der Waals surface area contributed by atoms with Crippen molar-refractivity contribution >= 4 is 6.08 Å². The smallest absolute Gasteiger partial charge is 0.0887 e. The number of benzene rings is 1. The zero-order valence-electron chi connectivity index (χ0n) is 12.8. The van der Waals surface area contributed by atoms with Crippen molar-refractivity contribution in [2.24, 2.45) is 5.92 Å². The maximum absolute atomic E-state index is 11.2. The Morgan fingerprint density at radius 1 is 1.14 bits per heavy atom. The highest BCUT2D eigenvalue weighted by Crippen LogP contribution is 2.45. The normalized spacial score (nSPS) is 29.8. The van der Waals surface area contributed by atoms with E-state index in [1.807, 2.05) is 6.07 Å². The Kier molecular flexibility index (Phi) is 4.60. The molecule has 0 aromatic heterocycles. The average Bonchev–Trinajstić information content (AvgIpc) is 2.92. The van der Waals surface area contributed by atoms with E-state index < -0.39 is 5.60 Å². The van der Waals surface area contributed by atoms with E-state index in [1.54, 1.807) is 0 Å². The predicted molar refractivity (Wildman–Crippen MR) is 88.9 cm³/mol. The van der Waals surface area contributed by atoms with Gasteiger partial charge in [0.05, 0.1) is 5.60 Å². The van der Waals surface area contributed by atoms with Crippen LogP contribution in [0.1, 0.15) is 56.9 Å². The topological polar surface area (TPSA) is 20.2 Å². The van der Waals surface area contributed by atoms with Gasteiger partial charge in [0.2, 0.25) is 0 Å². The van der Waals surface area contributed by atoms with Crippen LogP contribution in [-0.4, -0.2) is 10.7 Å². The fourth-order valence-corrected chi connectivity index (χ4v) is 3.96. The van der Waals surface area contributed by atoms with Crippen LogP contribution in [0.2, 0.25) is 0 Å². The summed E-state index contributed by atoms with van der Waals surface area (Å²) in [6.45, 7) is 0. The van der Waals surface area contributed by atoms with Gasteiger partial charge in [-0.2, -0.15) is 0 Å². The second-order valence-electron chi connectivity index (χ2n) is 6.54. The lowest BCUT2D eigenvalue weighted by Crippen LogP contribution is -2.36. The molecular formula is C20H26O. The molecule has 3 rings (SSSR count). The molecule has 1 nitrogen and oxygen atoms in total. The molecule has 1 N–H and O–H groups in total. The van der Waals surface area contributed by atoms with E-state index in [4.69, 9.17) is 0 Å². The van der Waals surface area contributed by atoms with Crippen molar-refractivity contribution < 1.29 is 5.11 Å². The zero-order chi connectivity index (χ0) is 14.5. The highest BCUT2D eigenvalue weighted by molar-refractivity contribution is 5.48. The molecule has 0 heterocycles. The third-order valence-corrected chi connectivity index (χ3v) is 5.16. The zero-order valence-corrected chi connectivity index (χ0v) is 12.8. The number of rotatable bonds is 4. The Hall–Kier alpha value is -1.34. The van der Waals surface area contributed by atoms with E-state index in [1.165, 1.54) is 24.0 Å². The molecule has 0 bridgehead atoms. The second-order valence-corrected chi connectivity index (χ2v) is 6.54. The first-order valence-electron chi connectivity index (χ1n) is 8.42. The van der Waals surface area contributed by atoms with E-state index in [0.29, 0.717) is 5.92 Å². The molecule has 0 aliphatic heterocycles. The summed E-state index contributed by atoms with van der Waals surface area (Å²) >= 11 is 0. The first kappa shape index (κ1) is 14.6. The SMILES string of the molecule is O[C@@]1(C2=CCCCC2)CCC[C@H]1C/C=C/c1ccccc1. The van der Waals surface area contributed by atoms with E-state index >= 15 is 0 Å². The van der Waals surface area contributed by atoms with Crippen LogP contribution in [0.15, 0.2) is 48.1 Å². The molecule has 1 fully saturated rings. The average molecular weight is 282 g/mol. The molecule has 0 amide bonds. The van der Waals surface area contributed by atoms with Crippen LogP contribution >= 0.6 is 0 Å². The van der Waals surface area contributed by atoms with Gasteiger partial charge in [-0.1, -0.05) is 48.6 Å². The molecule has 0 unspecified atom stereocenters. The molecule has 0 saturated heterocycles. The summed E-state index contributed by atoms with van der Waals surface area (Å²) in [5, 5.41) is 11.2. The molecule has 0 radical (unpaired) electrons. The van der Waals surface area contributed by atoms with Crippen LogP contribution in [0.5, 0.6) is 0 Å². The maximum atomic E-state index is 11.2. The van der Waals surface area contributed by atoms with Crippen molar-refractivity contribution in [2.45, 2.75) is 57.0 Å². The largest absolute Gasteiger partial charge is 0.385 e. The Bertz CT molecular complexity index is 514. The molecular weight excluding hydrogens is 256 g/mol. The van der Waals surface area contributed by atoms with Gasteiger partial charge in [0.25, 0.3) is 0 Å². The minimum absolute atomic E-state index is 0.404. The van der Waals surface area contributed by atoms with Crippen LogP contribution in [0.4, 0.5) is 0 Å². The summed E-state index contributed by atoms with van der Waals surface area (Å²) in [4.78, 5) is 0. The van der Waals surface area contributed by atoms with Crippen molar-refractivity contribution in [3.8, 4) is 0 Å². The van der Waals surface area contributed by atoms with Crippen LogP contribution in [-0.2, 0) is 0 Å². The van der Waals surface area contributed by atoms with E-state index in [0.717, 1.165) is 38.5 Å². The van der Waals surface area contributed by atoms with Gasteiger partial charge in [0.1, 0.15) is 0 Å². The van der Waals surface area contributed by atoms with E-state index in [9.17, 15) is 5.11 Å². The molecule has 21 heavy (non-hydrogen) atoms. The summed E-state index contributed by atoms with van der Waals surface area (Å²) in [6, 6.07) is 10.4. The van der Waals surface area contributed by atoms with Gasteiger partial charge in [0.15, 0.2) is 0 Å². The van der Waals surface area contributed by atoms with Crippen molar-refractivity contribution in [1.29, 1.82) is 0 Å². The van der Waals surface area contributed by atoms with Gasteiger partial charge in [0, 0.05) is 0 Å². The first-order valence-corrected chi connectivity index (χ1v) is 8.42. The standard InChI is InChI=1S/C20H26O/c21-20(18-12-5-2-6-13-18)16-8-15-19(20)14-7-11-17-9-3-1-4-10-17/h1,3-4,7,9-12,19,21H,2,5-6,8,13-16H2/b11-7+/t19-,20-/m1/s1. The van der Waals surface area contributed by atoms with Crippen LogP contribution in [0.25, 0.3) is 6.08 Å². The second kappa shape index (κ2) is 6.62. The number of allylic oxidation sites excluding steroid dienone is 2. The quantitative estimate of drug-likeness (QED) is 0.760. The highest BCUT2D eigenvalue weighted by Gasteiger charge is 2.42. The van der Waals surface area contributed by atoms with Crippen LogP contribution in [0, 0.1) is 5.92 Å². The van der Waals surface area contributed by atoms with Crippen molar-refractivity contribution in [3.05, 3.63) is 53.6 Å². The van der Waals surface area contributed by atoms with E-state index in [-0.39, 0.29) is 0 Å². The molecule has 1 aromatic carbocycles. The van der Waals surface area contributed by atoms with Crippen molar-refractivity contribution in [2.75, 3.05) is 0 Å². The number of hydrogen-bond acceptors (Lipinski definition) is 1. The van der Waals surface area contributed by atoms with Gasteiger partial charge in [-0.05, 0) is 68.4 Å². The van der Waals surface area contributed by atoms with Gasteiger partial charge in [-0.25, -0.2) is 0 Å². The van der Waals surface area contributed by atoms with E-state index in [2.05, 4.69) is 42.5 Å². The lowest BCUT2D eigenvalue weighted by atomic mass is 9.77. The summed E-state index contributed by atoms with van der Waals surface area (Å²) in [7, 11) is 0. The van der Waals surface area contributed by atoms with Crippen molar-refractivity contribution in [3.63, 3.8) is 0 Å². The highest BCUT2D eigenvalue weighted by atomic mass is 16.3. The first-order chi connectivity index (χ1) is 10.3. The molecule has 1 heteroatoms. The Morgan fingerprint density at radius 3 is 2.76 bits per heavy atom. The summed E-state index contributed by atoms with van der Waals surface area (Å²) < 4.78 is 0. The molecule has 1 saturated carbocycles.